The summed E-state index contributed by atoms with van der Waals surface area (Å²) in [7, 11) is 0. The first-order chi connectivity index (χ1) is 9.72. The van der Waals surface area contributed by atoms with Crippen LogP contribution in [0.5, 0.6) is 0 Å². The third-order valence-electron chi connectivity index (χ3n) is 3.38. The van der Waals surface area contributed by atoms with E-state index in [9.17, 15) is 4.79 Å². The molecular weight excluding hydrogens is 276 g/mol. The zero-order chi connectivity index (χ0) is 13.9. The standard InChI is InChI=1S/C12H16N6OS/c1-8-16-17-11(20-8)4-5-13-12(19)9-2-3-10-14-7-15-18(10)6-9/h7,9H,2-6H2,1H3,(H,13,19). The second kappa shape index (κ2) is 5.66. The molecular formula is C12H16N6OS. The molecule has 0 aliphatic carbocycles. The van der Waals surface area contributed by atoms with Crippen molar-refractivity contribution in [3.8, 4) is 0 Å². The molecule has 0 saturated carbocycles. The van der Waals surface area contributed by atoms with Crippen molar-refractivity contribution in [3.05, 3.63) is 22.2 Å². The second-order valence-corrected chi connectivity index (χ2v) is 6.12. The first-order valence-electron chi connectivity index (χ1n) is 6.66. The lowest BCUT2D eigenvalue weighted by Gasteiger charge is -2.21. The van der Waals surface area contributed by atoms with Crippen molar-refractivity contribution in [2.75, 3.05) is 6.54 Å². The first-order valence-corrected chi connectivity index (χ1v) is 7.47. The van der Waals surface area contributed by atoms with Gasteiger partial charge in [0.1, 0.15) is 22.2 Å². The highest BCUT2D eigenvalue weighted by atomic mass is 32.1. The van der Waals surface area contributed by atoms with Gasteiger partial charge in [0.25, 0.3) is 0 Å². The number of nitrogens with one attached hydrogen (secondary N) is 1. The normalized spacial score (nSPS) is 17.8. The summed E-state index contributed by atoms with van der Waals surface area (Å²) in [6.07, 6.45) is 3.93. The van der Waals surface area contributed by atoms with Gasteiger partial charge in [0.05, 0.1) is 12.5 Å². The fourth-order valence-corrected chi connectivity index (χ4v) is 3.04. The molecule has 1 unspecified atom stereocenters. The second-order valence-electron chi connectivity index (χ2n) is 4.85. The minimum Gasteiger partial charge on any atom is -0.355 e. The summed E-state index contributed by atoms with van der Waals surface area (Å²) < 4.78 is 1.82. The molecule has 7 nitrogen and oxygen atoms in total. The summed E-state index contributed by atoms with van der Waals surface area (Å²) in [6.45, 7) is 3.16. The molecule has 106 valence electrons. The number of carbonyl (C=O) groups is 1. The Morgan fingerprint density at radius 1 is 1.55 bits per heavy atom. The largest absolute Gasteiger partial charge is 0.355 e. The van der Waals surface area contributed by atoms with Crippen molar-refractivity contribution in [2.24, 2.45) is 5.92 Å². The maximum absolute atomic E-state index is 12.1. The Labute approximate surface area is 120 Å². The topological polar surface area (TPSA) is 85.6 Å². The van der Waals surface area contributed by atoms with E-state index >= 15 is 0 Å². The monoisotopic (exact) mass is 292 g/mol. The third kappa shape index (κ3) is 2.84. The Bertz CT molecular complexity index is 607. The zero-order valence-electron chi connectivity index (χ0n) is 11.2. The van der Waals surface area contributed by atoms with Gasteiger partial charge in [-0.15, -0.1) is 21.5 Å². The van der Waals surface area contributed by atoms with E-state index in [1.807, 2.05) is 11.6 Å². The van der Waals surface area contributed by atoms with Crippen LogP contribution < -0.4 is 5.32 Å². The molecule has 0 radical (unpaired) electrons. The summed E-state index contributed by atoms with van der Waals surface area (Å²) in [4.78, 5) is 16.3. The van der Waals surface area contributed by atoms with Crippen LogP contribution in [0.1, 0.15) is 22.3 Å². The summed E-state index contributed by atoms with van der Waals surface area (Å²) in [5, 5.41) is 17.0. The fourth-order valence-electron chi connectivity index (χ4n) is 2.33. The van der Waals surface area contributed by atoms with Crippen molar-refractivity contribution in [2.45, 2.75) is 32.7 Å². The molecule has 1 amide bonds. The van der Waals surface area contributed by atoms with Gasteiger partial charge in [-0.2, -0.15) is 5.10 Å². The highest BCUT2D eigenvalue weighted by Gasteiger charge is 2.25. The number of hydrogen-bond donors (Lipinski definition) is 1. The van der Waals surface area contributed by atoms with Crippen LogP contribution in [0, 0.1) is 12.8 Å². The molecule has 2 aromatic rings. The number of aryl methyl sites for hydroxylation is 2. The Morgan fingerprint density at radius 2 is 2.45 bits per heavy atom. The molecule has 1 atom stereocenters. The maximum atomic E-state index is 12.1. The van der Waals surface area contributed by atoms with Crippen molar-refractivity contribution < 1.29 is 4.79 Å². The van der Waals surface area contributed by atoms with Crippen LogP contribution in [-0.2, 0) is 24.2 Å². The Hall–Kier alpha value is -1.83. The molecule has 0 saturated heterocycles. The molecule has 20 heavy (non-hydrogen) atoms. The average Bonchev–Trinajstić information content (AvgIpc) is 3.06. The van der Waals surface area contributed by atoms with Crippen LogP contribution in [-0.4, -0.2) is 37.4 Å². The van der Waals surface area contributed by atoms with Gasteiger partial charge >= 0.3 is 0 Å². The smallest absolute Gasteiger partial charge is 0.225 e. The molecule has 1 aliphatic heterocycles. The van der Waals surface area contributed by atoms with Crippen molar-refractivity contribution in [1.82, 2.24) is 30.3 Å². The van der Waals surface area contributed by atoms with E-state index in [-0.39, 0.29) is 11.8 Å². The van der Waals surface area contributed by atoms with E-state index in [1.165, 1.54) is 0 Å². The van der Waals surface area contributed by atoms with Crippen LogP contribution in [0.25, 0.3) is 0 Å². The van der Waals surface area contributed by atoms with Gasteiger partial charge in [0.15, 0.2) is 0 Å². The Morgan fingerprint density at radius 3 is 3.25 bits per heavy atom. The molecule has 0 aromatic carbocycles. The van der Waals surface area contributed by atoms with Crippen molar-refractivity contribution >= 4 is 17.2 Å². The number of fused-ring (bicyclic) bond motifs is 1. The van der Waals surface area contributed by atoms with Crippen LogP contribution in [0.15, 0.2) is 6.33 Å². The Balaban J connectivity index is 1.48. The number of nitrogens with zero attached hydrogens (tertiary/aromatic N) is 5. The van der Waals surface area contributed by atoms with Crippen LogP contribution in [0.3, 0.4) is 0 Å². The maximum Gasteiger partial charge on any atom is 0.225 e. The number of amides is 1. The summed E-state index contributed by atoms with van der Waals surface area (Å²) in [5.41, 5.74) is 0. The molecule has 1 aliphatic rings. The molecule has 1 N–H and O–H groups in total. The summed E-state index contributed by atoms with van der Waals surface area (Å²) in [5.74, 6) is 1.05. The van der Waals surface area contributed by atoms with E-state index < -0.39 is 0 Å². The zero-order valence-corrected chi connectivity index (χ0v) is 12.1. The van der Waals surface area contributed by atoms with Gasteiger partial charge in [-0.05, 0) is 13.3 Å². The van der Waals surface area contributed by atoms with Crippen molar-refractivity contribution in [3.63, 3.8) is 0 Å². The van der Waals surface area contributed by atoms with Gasteiger partial charge < -0.3 is 5.32 Å². The fraction of sp³-hybridized carbons (Fsp3) is 0.583. The van der Waals surface area contributed by atoms with Gasteiger partial charge in [0, 0.05) is 19.4 Å². The van der Waals surface area contributed by atoms with E-state index in [1.54, 1.807) is 17.7 Å². The van der Waals surface area contributed by atoms with E-state index in [0.29, 0.717) is 13.1 Å². The molecule has 2 aromatic heterocycles. The van der Waals surface area contributed by atoms with Crippen LogP contribution in [0.2, 0.25) is 0 Å². The first kappa shape index (κ1) is 13.2. The number of carbonyl (C=O) groups excluding carboxylic acids is 1. The highest BCUT2D eigenvalue weighted by Crippen LogP contribution is 2.17. The Kier molecular flexibility index (Phi) is 3.72. The number of aromatic nitrogens is 5. The average molecular weight is 292 g/mol. The number of hydrogen-bond acceptors (Lipinski definition) is 6. The highest BCUT2D eigenvalue weighted by molar-refractivity contribution is 7.11. The van der Waals surface area contributed by atoms with E-state index in [4.69, 9.17) is 0 Å². The molecule has 8 heteroatoms. The molecule has 3 heterocycles. The SMILES string of the molecule is Cc1nnc(CCNC(=O)C2CCc3ncnn3C2)s1. The van der Waals surface area contributed by atoms with Gasteiger partial charge in [0.2, 0.25) is 5.91 Å². The lowest BCUT2D eigenvalue weighted by molar-refractivity contribution is -0.126. The predicted molar refractivity (Wildman–Crippen MR) is 73.2 cm³/mol. The van der Waals surface area contributed by atoms with Crippen molar-refractivity contribution in [1.29, 1.82) is 0 Å². The lowest BCUT2D eigenvalue weighted by Crippen LogP contribution is -2.37. The molecule has 3 rings (SSSR count). The predicted octanol–water partition coefficient (Wildman–Crippen LogP) is 0.359. The molecule has 0 bridgehead atoms. The lowest BCUT2D eigenvalue weighted by atomic mass is 9.99. The molecule has 0 fully saturated rings. The third-order valence-corrected chi connectivity index (χ3v) is 4.28. The molecule has 0 spiro atoms. The summed E-state index contributed by atoms with van der Waals surface area (Å²) >= 11 is 1.57. The van der Waals surface area contributed by atoms with Gasteiger partial charge in [-0.1, -0.05) is 0 Å². The summed E-state index contributed by atoms with van der Waals surface area (Å²) in [6, 6.07) is 0. The van der Waals surface area contributed by atoms with E-state index in [0.717, 1.165) is 35.1 Å². The van der Waals surface area contributed by atoms with Gasteiger partial charge in [-0.25, -0.2) is 9.67 Å². The van der Waals surface area contributed by atoms with Crippen LogP contribution in [0.4, 0.5) is 0 Å². The van der Waals surface area contributed by atoms with Crippen LogP contribution >= 0.6 is 11.3 Å². The van der Waals surface area contributed by atoms with Gasteiger partial charge in [-0.3, -0.25) is 4.79 Å². The minimum absolute atomic E-state index is 0.0136. The van der Waals surface area contributed by atoms with E-state index in [2.05, 4.69) is 25.6 Å². The quantitative estimate of drug-likeness (QED) is 0.879. The number of rotatable bonds is 4. The minimum atomic E-state index is -0.0136.